The molecule has 0 fully saturated rings. The molecule has 3 aromatic rings. The van der Waals surface area contributed by atoms with E-state index in [0.29, 0.717) is 17.0 Å². The Hall–Kier alpha value is -2.77. The standard InChI is InChI=1S/C16H13N3O3S/c20-15(12-2-1-5-17-9-12)18-8-10-3-4-11-7-14(16(21)19-22)23-13(11)6-10/h1-7,9,22H,8H2,(H,18,20)(H,19,21). The van der Waals surface area contributed by atoms with Gasteiger partial charge in [-0.15, -0.1) is 11.3 Å². The molecule has 0 saturated heterocycles. The number of rotatable bonds is 4. The third-order valence-corrected chi connectivity index (χ3v) is 4.38. The first-order valence-corrected chi connectivity index (χ1v) is 7.64. The van der Waals surface area contributed by atoms with Crippen molar-refractivity contribution >= 4 is 33.2 Å². The summed E-state index contributed by atoms with van der Waals surface area (Å²) >= 11 is 1.28. The highest BCUT2D eigenvalue weighted by atomic mass is 32.1. The number of hydrogen-bond acceptors (Lipinski definition) is 5. The lowest BCUT2D eigenvalue weighted by molar-refractivity contribution is 0.0711. The molecule has 0 radical (unpaired) electrons. The second kappa shape index (κ2) is 6.55. The SMILES string of the molecule is O=C(NCc1ccc2cc(C(=O)NO)sc2c1)c1cccnc1. The number of carbonyl (C=O) groups is 2. The van der Waals surface area contributed by atoms with Crippen LogP contribution >= 0.6 is 11.3 Å². The van der Waals surface area contributed by atoms with E-state index in [1.54, 1.807) is 29.9 Å². The van der Waals surface area contributed by atoms with Crippen LogP contribution in [0.2, 0.25) is 0 Å². The van der Waals surface area contributed by atoms with Crippen molar-refractivity contribution in [1.82, 2.24) is 15.8 Å². The Morgan fingerprint density at radius 2 is 2.04 bits per heavy atom. The fourth-order valence-corrected chi connectivity index (χ4v) is 3.15. The van der Waals surface area contributed by atoms with Crippen molar-refractivity contribution in [3.63, 3.8) is 0 Å². The zero-order valence-electron chi connectivity index (χ0n) is 11.9. The van der Waals surface area contributed by atoms with Gasteiger partial charge < -0.3 is 5.32 Å². The Bertz CT molecular complexity index is 861. The third-order valence-electron chi connectivity index (χ3n) is 3.29. The molecule has 116 valence electrons. The zero-order valence-corrected chi connectivity index (χ0v) is 12.8. The molecule has 0 atom stereocenters. The third kappa shape index (κ3) is 3.36. The van der Waals surface area contributed by atoms with Gasteiger partial charge in [0.1, 0.15) is 0 Å². The Labute approximate surface area is 135 Å². The molecule has 0 bridgehead atoms. The van der Waals surface area contributed by atoms with Crippen molar-refractivity contribution in [1.29, 1.82) is 0 Å². The molecule has 3 rings (SSSR count). The molecule has 2 heterocycles. The quantitative estimate of drug-likeness (QED) is 0.507. The number of aromatic nitrogens is 1. The summed E-state index contributed by atoms with van der Waals surface area (Å²) in [5.41, 5.74) is 3.05. The maximum atomic E-state index is 12.0. The number of fused-ring (bicyclic) bond motifs is 1. The van der Waals surface area contributed by atoms with Gasteiger partial charge in [-0.05, 0) is 35.2 Å². The number of hydrogen-bond donors (Lipinski definition) is 3. The van der Waals surface area contributed by atoms with E-state index in [1.807, 2.05) is 18.2 Å². The first-order valence-electron chi connectivity index (χ1n) is 6.82. The van der Waals surface area contributed by atoms with E-state index in [0.717, 1.165) is 15.6 Å². The number of amides is 2. The molecular formula is C16H13N3O3S. The smallest absolute Gasteiger partial charge is 0.284 e. The number of benzene rings is 1. The Balaban J connectivity index is 1.73. The normalized spacial score (nSPS) is 10.5. The van der Waals surface area contributed by atoms with Gasteiger partial charge in [-0.3, -0.25) is 19.8 Å². The van der Waals surface area contributed by atoms with E-state index in [9.17, 15) is 9.59 Å². The van der Waals surface area contributed by atoms with Crippen molar-refractivity contribution in [3.05, 3.63) is 64.8 Å². The van der Waals surface area contributed by atoms with E-state index in [-0.39, 0.29) is 5.91 Å². The van der Waals surface area contributed by atoms with Gasteiger partial charge in [0.2, 0.25) is 0 Å². The summed E-state index contributed by atoms with van der Waals surface area (Å²) in [6, 6.07) is 10.8. The molecule has 2 aromatic heterocycles. The van der Waals surface area contributed by atoms with E-state index >= 15 is 0 Å². The number of pyridine rings is 1. The van der Waals surface area contributed by atoms with Crippen molar-refractivity contribution in [2.45, 2.75) is 6.54 Å². The van der Waals surface area contributed by atoms with Crippen molar-refractivity contribution in [3.8, 4) is 0 Å². The Kier molecular flexibility index (Phi) is 4.31. The fourth-order valence-electron chi connectivity index (χ4n) is 2.13. The van der Waals surface area contributed by atoms with Crippen LogP contribution in [0.1, 0.15) is 25.6 Å². The van der Waals surface area contributed by atoms with Crippen LogP contribution in [-0.2, 0) is 6.54 Å². The van der Waals surface area contributed by atoms with Crippen LogP contribution in [0, 0.1) is 0 Å². The molecule has 23 heavy (non-hydrogen) atoms. The lowest BCUT2D eigenvalue weighted by Crippen LogP contribution is -2.22. The Morgan fingerprint density at radius 1 is 1.17 bits per heavy atom. The highest BCUT2D eigenvalue weighted by molar-refractivity contribution is 7.20. The molecule has 1 aromatic carbocycles. The van der Waals surface area contributed by atoms with Gasteiger partial charge in [0.05, 0.1) is 10.4 Å². The predicted octanol–water partition coefficient (Wildman–Crippen LogP) is 2.35. The van der Waals surface area contributed by atoms with Crippen LogP contribution in [-0.4, -0.2) is 22.0 Å². The van der Waals surface area contributed by atoms with Crippen LogP contribution < -0.4 is 10.8 Å². The molecule has 6 nitrogen and oxygen atoms in total. The van der Waals surface area contributed by atoms with E-state index in [4.69, 9.17) is 5.21 Å². The number of thiophene rings is 1. The minimum atomic E-state index is -0.530. The molecule has 0 aliphatic carbocycles. The molecule has 0 saturated carbocycles. The highest BCUT2D eigenvalue weighted by Crippen LogP contribution is 2.26. The summed E-state index contributed by atoms with van der Waals surface area (Å²) in [6.07, 6.45) is 3.12. The molecule has 0 unspecified atom stereocenters. The van der Waals surface area contributed by atoms with Gasteiger partial charge in [-0.2, -0.15) is 0 Å². The first-order chi connectivity index (χ1) is 11.2. The maximum absolute atomic E-state index is 12.0. The van der Waals surface area contributed by atoms with Crippen LogP contribution in [0.25, 0.3) is 10.1 Å². The summed E-state index contributed by atoms with van der Waals surface area (Å²) in [5, 5.41) is 12.4. The summed E-state index contributed by atoms with van der Waals surface area (Å²) in [5.74, 6) is -0.720. The molecular weight excluding hydrogens is 314 g/mol. The summed E-state index contributed by atoms with van der Waals surface area (Å²) in [7, 11) is 0. The van der Waals surface area contributed by atoms with Gasteiger partial charge in [0.15, 0.2) is 0 Å². The highest BCUT2D eigenvalue weighted by Gasteiger charge is 2.10. The monoisotopic (exact) mass is 327 g/mol. The molecule has 3 N–H and O–H groups in total. The molecule has 0 spiro atoms. The molecule has 0 aliphatic rings. The lowest BCUT2D eigenvalue weighted by atomic mass is 10.1. The number of nitrogens with one attached hydrogen (secondary N) is 2. The average molecular weight is 327 g/mol. The molecule has 7 heteroatoms. The number of carbonyl (C=O) groups excluding carboxylic acids is 2. The summed E-state index contributed by atoms with van der Waals surface area (Å²) < 4.78 is 0.914. The van der Waals surface area contributed by atoms with Crippen molar-refractivity contribution < 1.29 is 14.8 Å². The van der Waals surface area contributed by atoms with Crippen molar-refractivity contribution in [2.24, 2.45) is 0 Å². The summed E-state index contributed by atoms with van der Waals surface area (Å²) in [4.78, 5) is 27.8. The van der Waals surface area contributed by atoms with Crippen LogP contribution in [0.15, 0.2) is 48.8 Å². The van der Waals surface area contributed by atoms with Gasteiger partial charge in [0, 0.05) is 23.6 Å². The summed E-state index contributed by atoms with van der Waals surface area (Å²) in [6.45, 7) is 0.378. The predicted molar refractivity (Wildman–Crippen MR) is 86.5 cm³/mol. The Morgan fingerprint density at radius 3 is 2.78 bits per heavy atom. The lowest BCUT2D eigenvalue weighted by Gasteiger charge is -2.05. The van der Waals surface area contributed by atoms with Gasteiger partial charge in [-0.1, -0.05) is 12.1 Å². The maximum Gasteiger partial charge on any atom is 0.284 e. The topological polar surface area (TPSA) is 91.3 Å². The fraction of sp³-hybridized carbons (Fsp3) is 0.0625. The van der Waals surface area contributed by atoms with Gasteiger partial charge >= 0.3 is 0 Å². The average Bonchev–Trinajstić information content (AvgIpc) is 3.03. The molecule has 2 amide bonds. The second-order valence-electron chi connectivity index (χ2n) is 4.85. The van der Waals surface area contributed by atoms with Crippen LogP contribution in [0.3, 0.4) is 0 Å². The number of hydroxylamine groups is 1. The van der Waals surface area contributed by atoms with E-state index in [1.165, 1.54) is 17.5 Å². The van der Waals surface area contributed by atoms with Crippen molar-refractivity contribution in [2.75, 3.05) is 0 Å². The van der Waals surface area contributed by atoms with E-state index < -0.39 is 5.91 Å². The van der Waals surface area contributed by atoms with Crippen LogP contribution in [0.4, 0.5) is 0 Å². The van der Waals surface area contributed by atoms with Crippen LogP contribution in [0.5, 0.6) is 0 Å². The number of nitrogens with zero attached hydrogens (tertiary/aromatic N) is 1. The zero-order chi connectivity index (χ0) is 16.2. The minimum Gasteiger partial charge on any atom is -0.348 e. The van der Waals surface area contributed by atoms with E-state index in [2.05, 4.69) is 10.3 Å². The van der Waals surface area contributed by atoms with Gasteiger partial charge in [0.25, 0.3) is 11.8 Å². The van der Waals surface area contributed by atoms with Gasteiger partial charge in [-0.25, -0.2) is 5.48 Å². The molecule has 0 aliphatic heterocycles. The first kappa shape index (κ1) is 15.1. The largest absolute Gasteiger partial charge is 0.348 e. The minimum absolute atomic E-state index is 0.190. The second-order valence-corrected chi connectivity index (χ2v) is 5.93.